The zero-order valence-electron chi connectivity index (χ0n) is 26.3. The van der Waals surface area contributed by atoms with Gasteiger partial charge in [-0.3, -0.25) is 24.0 Å². The number of hydrogen-bond acceptors (Lipinski definition) is 9. The molecule has 0 atom stereocenters. The van der Waals surface area contributed by atoms with Gasteiger partial charge < -0.3 is 24.6 Å². The molecule has 0 aromatic heterocycles. The van der Waals surface area contributed by atoms with Crippen molar-refractivity contribution in [3.05, 3.63) is 71.8 Å². The fraction of sp³-hybridized carbons (Fsp3) is 0.406. The Labute approximate surface area is 267 Å². The van der Waals surface area contributed by atoms with E-state index < -0.39 is 42.2 Å². The number of rotatable bonds is 16. The van der Waals surface area contributed by atoms with Crippen molar-refractivity contribution in [2.75, 3.05) is 40.8 Å². The van der Waals surface area contributed by atoms with Gasteiger partial charge in [0.25, 0.3) is 11.8 Å². The molecule has 2 aromatic rings. The van der Waals surface area contributed by atoms with Crippen molar-refractivity contribution >= 4 is 41.5 Å². The van der Waals surface area contributed by atoms with Gasteiger partial charge >= 0.3 is 17.9 Å². The summed E-state index contributed by atoms with van der Waals surface area (Å²) in [5.74, 6) is -4.29. The van der Waals surface area contributed by atoms with Crippen LogP contribution in [-0.2, 0) is 33.6 Å². The molecule has 1 N–H and O–H groups in total. The normalized spacial score (nSPS) is 10.3. The lowest BCUT2D eigenvalue weighted by molar-refractivity contribution is -0.161. The number of carboxylic acids is 1. The highest BCUT2D eigenvalue weighted by Gasteiger charge is 2.21. The molecule has 14 heteroatoms. The molecule has 2 aromatic carbocycles. The van der Waals surface area contributed by atoms with Gasteiger partial charge in [-0.25, -0.2) is 9.59 Å². The molecule has 0 aliphatic heterocycles. The van der Waals surface area contributed by atoms with Gasteiger partial charge in [0, 0.05) is 59.9 Å². The summed E-state index contributed by atoms with van der Waals surface area (Å²) in [6.45, 7) is -0.230. The summed E-state index contributed by atoms with van der Waals surface area (Å²) in [7, 11) is 4.18. The Kier molecular flexibility index (Phi) is 15.4. The molecular weight excluding hydrogens is 600 g/mol. The molecule has 0 heterocycles. The first kappa shape index (κ1) is 36.9. The SMILES string of the molecule is CN(CCCN(CC(=O)O)C(=O)CCCC(=O)N(C)OC(=O)c1ccccc1)C(=O)CCCC(=O)N(C)OC(=O)c1ccccc1. The number of hydrogen-bond donors (Lipinski definition) is 1. The Hall–Kier alpha value is -5.27. The van der Waals surface area contributed by atoms with E-state index >= 15 is 0 Å². The highest BCUT2D eigenvalue weighted by molar-refractivity contribution is 5.91. The minimum atomic E-state index is -1.20. The second kappa shape index (κ2) is 19.2. The van der Waals surface area contributed by atoms with E-state index in [0.717, 1.165) is 15.0 Å². The number of aliphatic carboxylic acids is 1. The molecule has 0 spiro atoms. The lowest BCUT2D eigenvalue weighted by Crippen LogP contribution is -2.38. The summed E-state index contributed by atoms with van der Waals surface area (Å²) in [6, 6.07) is 16.3. The van der Waals surface area contributed by atoms with Gasteiger partial charge in [0.05, 0.1) is 11.1 Å². The predicted molar refractivity (Wildman–Crippen MR) is 163 cm³/mol. The van der Waals surface area contributed by atoms with E-state index in [2.05, 4.69) is 0 Å². The summed E-state index contributed by atoms with van der Waals surface area (Å²) in [4.78, 5) is 98.1. The molecule has 0 fully saturated rings. The van der Waals surface area contributed by atoms with Crippen LogP contribution in [-0.4, -0.2) is 107 Å². The first-order valence-electron chi connectivity index (χ1n) is 14.7. The lowest BCUT2D eigenvalue weighted by atomic mass is 10.2. The minimum Gasteiger partial charge on any atom is -0.480 e. The molecule has 2 rings (SSSR count). The number of carbonyl (C=O) groups is 7. The third kappa shape index (κ3) is 13.2. The van der Waals surface area contributed by atoms with Crippen LogP contribution in [0, 0.1) is 0 Å². The lowest BCUT2D eigenvalue weighted by Gasteiger charge is -2.23. The summed E-state index contributed by atoms with van der Waals surface area (Å²) in [5, 5.41) is 10.9. The van der Waals surface area contributed by atoms with Crippen LogP contribution in [0.3, 0.4) is 0 Å². The zero-order valence-corrected chi connectivity index (χ0v) is 26.3. The van der Waals surface area contributed by atoms with Crippen molar-refractivity contribution in [2.45, 2.75) is 44.9 Å². The van der Waals surface area contributed by atoms with Crippen LogP contribution in [0.25, 0.3) is 0 Å². The van der Waals surface area contributed by atoms with E-state index in [1.54, 1.807) is 67.7 Å². The maximum absolute atomic E-state index is 12.7. The van der Waals surface area contributed by atoms with Crippen molar-refractivity contribution in [1.82, 2.24) is 19.9 Å². The van der Waals surface area contributed by atoms with Crippen LogP contribution in [0.4, 0.5) is 0 Å². The van der Waals surface area contributed by atoms with Crippen LogP contribution in [0.1, 0.15) is 65.7 Å². The van der Waals surface area contributed by atoms with Gasteiger partial charge in [0.2, 0.25) is 11.8 Å². The van der Waals surface area contributed by atoms with Crippen molar-refractivity contribution in [1.29, 1.82) is 0 Å². The van der Waals surface area contributed by atoms with Gasteiger partial charge in [0.1, 0.15) is 6.54 Å². The zero-order chi connectivity index (χ0) is 34.1. The maximum atomic E-state index is 12.7. The molecule has 46 heavy (non-hydrogen) atoms. The number of nitrogens with zero attached hydrogens (tertiary/aromatic N) is 4. The van der Waals surface area contributed by atoms with Gasteiger partial charge in [-0.15, -0.1) is 0 Å². The molecule has 14 nitrogen and oxygen atoms in total. The number of carbonyl (C=O) groups excluding carboxylic acids is 6. The third-order valence-electron chi connectivity index (χ3n) is 6.75. The number of benzene rings is 2. The Bertz CT molecular complexity index is 1350. The number of carboxylic acid groups (broad SMARTS) is 1. The first-order valence-corrected chi connectivity index (χ1v) is 14.7. The van der Waals surface area contributed by atoms with Crippen LogP contribution in [0.5, 0.6) is 0 Å². The smallest absolute Gasteiger partial charge is 0.363 e. The molecular formula is C32H40N4O10. The summed E-state index contributed by atoms with van der Waals surface area (Å²) in [5.41, 5.74) is 0.570. The van der Waals surface area contributed by atoms with Gasteiger partial charge in [-0.2, -0.15) is 10.1 Å². The molecule has 4 amide bonds. The number of hydroxylamine groups is 4. The highest BCUT2D eigenvalue weighted by Crippen LogP contribution is 2.09. The quantitative estimate of drug-likeness (QED) is 0.269. The largest absolute Gasteiger partial charge is 0.480 e. The fourth-order valence-electron chi connectivity index (χ4n) is 4.13. The Morgan fingerprint density at radius 2 is 0.978 bits per heavy atom. The van der Waals surface area contributed by atoms with Gasteiger partial charge in [-0.1, -0.05) is 36.4 Å². The Balaban J connectivity index is 1.70. The summed E-state index contributed by atoms with van der Waals surface area (Å²) < 4.78 is 0. The monoisotopic (exact) mass is 640 g/mol. The molecule has 248 valence electrons. The van der Waals surface area contributed by atoms with E-state index in [9.17, 15) is 38.7 Å². The van der Waals surface area contributed by atoms with Crippen LogP contribution in [0.2, 0.25) is 0 Å². The average Bonchev–Trinajstić information content (AvgIpc) is 3.04. The summed E-state index contributed by atoms with van der Waals surface area (Å²) in [6.07, 6.45) is 0.469. The fourth-order valence-corrected chi connectivity index (χ4v) is 4.13. The number of amides is 4. The van der Waals surface area contributed by atoms with Crippen LogP contribution >= 0.6 is 0 Å². The standard InChI is InChI=1S/C32H40N4O10/c1-33(26(37)17-10-18-27(38)34(2)45-31(43)24-13-6-4-7-14-24)21-12-22-36(23-30(41)42)29(40)20-11-19-28(39)35(3)46-32(44)25-15-8-5-9-16-25/h4-9,13-16H,10-12,17-23H2,1-3H3,(H,41,42). The minimum absolute atomic E-state index is 0.0210. The molecule has 0 saturated carbocycles. The van der Waals surface area contributed by atoms with Crippen molar-refractivity contribution in [3.63, 3.8) is 0 Å². The second-order valence-corrected chi connectivity index (χ2v) is 10.4. The predicted octanol–water partition coefficient (Wildman–Crippen LogP) is 2.55. The van der Waals surface area contributed by atoms with E-state index in [4.69, 9.17) is 9.68 Å². The van der Waals surface area contributed by atoms with E-state index in [1.165, 1.54) is 19.0 Å². The summed E-state index contributed by atoms with van der Waals surface area (Å²) >= 11 is 0. The molecule has 0 aliphatic carbocycles. The second-order valence-electron chi connectivity index (χ2n) is 10.4. The molecule has 0 unspecified atom stereocenters. The van der Waals surface area contributed by atoms with Crippen molar-refractivity contribution in [3.8, 4) is 0 Å². The topological polar surface area (TPSA) is 171 Å². The van der Waals surface area contributed by atoms with Crippen LogP contribution in [0.15, 0.2) is 60.7 Å². The maximum Gasteiger partial charge on any atom is 0.363 e. The van der Waals surface area contributed by atoms with E-state index in [-0.39, 0.29) is 63.1 Å². The van der Waals surface area contributed by atoms with E-state index in [0.29, 0.717) is 12.0 Å². The first-order chi connectivity index (χ1) is 21.9. The highest BCUT2D eigenvalue weighted by atomic mass is 16.7. The molecule has 0 saturated heterocycles. The Morgan fingerprint density at radius 1 is 0.565 bits per heavy atom. The van der Waals surface area contributed by atoms with E-state index in [1.807, 2.05) is 0 Å². The van der Waals surface area contributed by atoms with Crippen molar-refractivity contribution in [2.24, 2.45) is 0 Å². The Morgan fingerprint density at radius 3 is 1.41 bits per heavy atom. The van der Waals surface area contributed by atoms with Crippen molar-refractivity contribution < 1.29 is 48.3 Å². The molecule has 0 aliphatic rings. The molecule has 0 radical (unpaired) electrons. The van der Waals surface area contributed by atoms with Crippen LogP contribution < -0.4 is 0 Å². The van der Waals surface area contributed by atoms with Gasteiger partial charge in [-0.05, 0) is 43.5 Å². The van der Waals surface area contributed by atoms with Gasteiger partial charge in [0.15, 0.2) is 0 Å². The molecule has 0 bridgehead atoms. The third-order valence-corrected chi connectivity index (χ3v) is 6.75. The average molecular weight is 641 g/mol.